The molecule has 5 rings (SSSR count). The van der Waals surface area contributed by atoms with Crippen LogP contribution in [0.25, 0.3) is 16.9 Å². The Hall–Kier alpha value is -4.70. The molecule has 0 aliphatic heterocycles. The number of imidazole rings is 1. The van der Waals surface area contributed by atoms with Gasteiger partial charge in [-0.05, 0) is 62.9 Å². The minimum atomic E-state index is -5.08. The first-order valence-corrected chi connectivity index (χ1v) is 15.7. The van der Waals surface area contributed by atoms with Crippen LogP contribution in [0, 0.1) is 6.92 Å². The molecule has 2 heterocycles. The van der Waals surface area contributed by atoms with Gasteiger partial charge in [0, 0.05) is 54.4 Å². The number of hydrogen-bond donors (Lipinski definition) is 3. The van der Waals surface area contributed by atoms with E-state index in [1.165, 1.54) is 24.0 Å². The molecule has 0 spiro atoms. The lowest BCUT2D eigenvalue weighted by Crippen LogP contribution is -2.38. The zero-order valence-corrected chi connectivity index (χ0v) is 28.7. The van der Waals surface area contributed by atoms with Crippen molar-refractivity contribution in [2.45, 2.75) is 63.6 Å². The number of aromatic nitrogens is 2. The Morgan fingerprint density at radius 2 is 1.51 bits per heavy atom. The number of carbonyl (C=O) groups is 2. The third-order valence-corrected chi connectivity index (χ3v) is 8.36. The Labute approximate surface area is 294 Å². The molecule has 278 valence electrons. The van der Waals surface area contributed by atoms with Gasteiger partial charge >= 0.3 is 24.3 Å². The molecule has 2 aromatic heterocycles. The second-order valence-corrected chi connectivity index (χ2v) is 12.0. The highest BCUT2D eigenvalue weighted by Crippen LogP contribution is 2.38. The monoisotopic (exact) mass is 746 g/mol. The number of hydrogen-bond acceptors (Lipinski definition) is 7. The maximum Gasteiger partial charge on any atom is 0.490 e. The van der Waals surface area contributed by atoms with Crippen LogP contribution in [0.3, 0.4) is 0 Å². The second kappa shape index (κ2) is 17.5. The SMILES string of the molecule is COc1cc(OC)c(-c2cn3ccc(NC4CCC(N(C)Cc5ccccc5C)CC4)cc3n2)cc1Cl.O=C(O)C(F)(F)F.O=C(O)C(F)(F)F. The van der Waals surface area contributed by atoms with Gasteiger partial charge in [0.05, 0.1) is 24.9 Å². The molecule has 3 N–H and O–H groups in total. The van der Waals surface area contributed by atoms with Crippen molar-refractivity contribution in [1.82, 2.24) is 14.3 Å². The molecule has 51 heavy (non-hydrogen) atoms. The number of halogens is 7. The van der Waals surface area contributed by atoms with E-state index in [0.29, 0.717) is 28.6 Å². The van der Waals surface area contributed by atoms with Crippen molar-refractivity contribution in [1.29, 1.82) is 0 Å². The first-order chi connectivity index (χ1) is 23.8. The average molecular weight is 747 g/mol. The fraction of sp³-hybridized carbons (Fsp3) is 0.382. The molecular weight excluding hydrogens is 710 g/mol. The number of benzene rings is 2. The van der Waals surface area contributed by atoms with Gasteiger partial charge in [-0.1, -0.05) is 35.9 Å². The van der Waals surface area contributed by atoms with E-state index in [4.69, 9.17) is 45.9 Å². The molecule has 0 amide bonds. The highest BCUT2D eigenvalue weighted by Gasteiger charge is 2.39. The van der Waals surface area contributed by atoms with Gasteiger partial charge in [0.15, 0.2) is 0 Å². The maximum atomic E-state index is 10.6. The van der Waals surface area contributed by atoms with Crippen LogP contribution in [-0.2, 0) is 16.1 Å². The van der Waals surface area contributed by atoms with Gasteiger partial charge in [0.25, 0.3) is 0 Å². The molecule has 10 nitrogen and oxygen atoms in total. The first kappa shape index (κ1) is 40.7. The molecule has 0 radical (unpaired) electrons. The van der Waals surface area contributed by atoms with E-state index in [9.17, 15) is 26.3 Å². The van der Waals surface area contributed by atoms with E-state index in [1.54, 1.807) is 20.3 Å². The average Bonchev–Trinajstić information content (AvgIpc) is 3.49. The number of alkyl halides is 6. The topological polar surface area (TPSA) is 126 Å². The lowest BCUT2D eigenvalue weighted by atomic mass is 9.90. The second-order valence-electron chi connectivity index (χ2n) is 11.6. The molecule has 0 saturated heterocycles. The first-order valence-electron chi connectivity index (χ1n) is 15.4. The summed E-state index contributed by atoms with van der Waals surface area (Å²) in [6.45, 7) is 3.21. The predicted molar refractivity (Wildman–Crippen MR) is 178 cm³/mol. The van der Waals surface area contributed by atoms with Crippen LogP contribution >= 0.6 is 11.6 Å². The molecular formula is C34H37ClF6N4O6. The van der Waals surface area contributed by atoms with Crippen molar-refractivity contribution in [3.8, 4) is 22.8 Å². The number of nitrogens with one attached hydrogen (secondary N) is 1. The zero-order valence-electron chi connectivity index (χ0n) is 28.0. The van der Waals surface area contributed by atoms with Crippen molar-refractivity contribution in [3.63, 3.8) is 0 Å². The lowest BCUT2D eigenvalue weighted by Gasteiger charge is -2.35. The predicted octanol–water partition coefficient (Wildman–Crippen LogP) is 8.10. The van der Waals surface area contributed by atoms with Crippen LogP contribution in [0.2, 0.25) is 5.02 Å². The number of carboxylic acids is 2. The summed E-state index contributed by atoms with van der Waals surface area (Å²) in [6.07, 6.45) is -1.39. The minimum absolute atomic E-state index is 0.473. The molecule has 1 aliphatic rings. The quantitative estimate of drug-likeness (QED) is 0.153. The van der Waals surface area contributed by atoms with Crippen molar-refractivity contribution < 1.29 is 55.6 Å². The third-order valence-electron chi connectivity index (χ3n) is 8.07. The number of fused-ring (bicyclic) bond motifs is 1. The normalized spacial score (nSPS) is 16.0. The van der Waals surface area contributed by atoms with Gasteiger partial charge in [-0.3, -0.25) is 4.90 Å². The van der Waals surface area contributed by atoms with Crippen LogP contribution in [0.1, 0.15) is 36.8 Å². The zero-order chi connectivity index (χ0) is 38.1. The van der Waals surface area contributed by atoms with E-state index in [0.717, 1.165) is 42.0 Å². The fourth-order valence-corrected chi connectivity index (χ4v) is 5.58. The Morgan fingerprint density at radius 3 is 2.04 bits per heavy atom. The smallest absolute Gasteiger partial charge is 0.490 e. The summed E-state index contributed by atoms with van der Waals surface area (Å²) in [4.78, 5) is 25.2. The molecule has 0 atom stereocenters. The van der Waals surface area contributed by atoms with Crippen molar-refractivity contribution in [2.24, 2.45) is 0 Å². The largest absolute Gasteiger partial charge is 0.496 e. The molecule has 4 aromatic rings. The van der Waals surface area contributed by atoms with Crippen LogP contribution in [0.4, 0.5) is 32.0 Å². The van der Waals surface area contributed by atoms with E-state index >= 15 is 0 Å². The highest BCUT2D eigenvalue weighted by atomic mass is 35.5. The number of anilines is 1. The number of nitrogens with zero attached hydrogens (tertiary/aromatic N) is 3. The fourth-order valence-electron chi connectivity index (χ4n) is 5.34. The van der Waals surface area contributed by atoms with E-state index in [1.807, 2.05) is 22.9 Å². The number of pyridine rings is 1. The highest BCUT2D eigenvalue weighted by molar-refractivity contribution is 6.32. The van der Waals surface area contributed by atoms with Crippen LogP contribution < -0.4 is 14.8 Å². The molecule has 0 unspecified atom stereocenters. The number of carboxylic acid groups (broad SMARTS) is 2. The Kier molecular flexibility index (Phi) is 14.0. The third kappa shape index (κ3) is 11.7. The summed E-state index contributed by atoms with van der Waals surface area (Å²) in [5, 5.41) is 18.5. The van der Waals surface area contributed by atoms with Crippen LogP contribution in [0.5, 0.6) is 11.5 Å². The van der Waals surface area contributed by atoms with Gasteiger partial charge in [0.2, 0.25) is 0 Å². The number of aryl methyl sites for hydroxylation is 1. The van der Waals surface area contributed by atoms with Crippen LogP contribution in [-0.4, -0.2) is 82.1 Å². The summed E-state index contributed by atoms with van der Waals surface area (Å²) >= 11 is 6.39. The lowest BCUT2D eigenvalue weighted by molar-refractivity contribution is -0.193. The van der Waals surface area contributed by atoms with Gasteiger partial charge in [-0.2, -0.15) is 26.3 Å². The molecule has 1 aliphatic carbocycles. The molecule has 0 bridgehead atoms. The standard InChI is InChI=1S/C30H35ClN4O2.2C2HF3O2/c1-20-7-5-6-8-21(20)18-34(2)24-11-9-22(10-12-24)32-23-13-14-35-19-27(33-30(35)15-23)25-16-26(31)29(37-4)17-28(25)36-3;2*3-2(4,5)1(6)7/h5-8,13-17,19,22,24,32H,9-12,18H2,1-4H3;2*(H,6,7). The number of aliphatic carboxylic acids is 2. The molecule has 17 heteroatoms. The maximum absolute atomic E-state index is 10.6. The van der Waals surface area contributed by atoms with Gasteiger partial charge in [-0.15, -0.1) is 0 Å². The number of rotatable bonds is 8. The van der Waals surface area contributed by atoms with Crippen molar-refractivity contribution >= 4 is 34.9 Å². The molecule has 2 aromatic carbocycles. The summed E-state index contributed by atoms with van der Waals surface area (Å²) in [7, 11) is 5.49. The summed E-state index contributed by atoms with van der Waals surface area (Å²) < 4.78 is 76.4. The van der Waals surface area contributed by atoms with Crippen LogP contribution in [0.15, 0.2) is 60.9 Å². The minimum Gasteiger partial charge on any atom is -0.496 e. The Bertz CT molecular complexity index is 1770. The molecule has 1 saturated carbocycles. The summed E-state index contributed by atoms with van der Waals surface area (Å²) in [6, 6.07) is 17.7. The summed E-state index contributed by atoms with van der Waals surface area (Å²) in [5.74, 6) is -4.26. The van der Waals surface area contributed by atoms with Crippen molar-refractivity contribution in [2.75, 3.05) is 26.6 Å². The number of ether oxygens (including phenoxy) is 2. The van der Waals surface area contributed by atoms with Gasteiger partial charge in [0.1, 0.15) is 17.1 Å². The van der Waals surface area contributed by atoms with E-state index in [-0.39, 0.29) is 0 Å². The Morgan fingerprint density at radius 1 is 0.941 bits per heavy atom. The van der Waals surface area contributed by atoms with Gasteiger partial charge in [-0.25, -0.2) is 14.6 Å². The van der Waals surface area contributed by atoms with Gasteiger partial charge < -0.3 is 29.4 Å². The van der Waals surface area contributed by atoms with Crippen molar-refractivity contribution in [3.05, 3.63) is 77.1 Å². The van der Waals surface area contributed by atoms with E-state index < -0.39 is 24.3 Å². The van der Waals surface area contributed by atoms with E-state index in [2.05, 4.69) is 60.6 Å². The molecule has 1 fully saturated rings. The summed E-state index contributed by atoms with van der Waals surface area (Å²) in [5.41, 5.74) is 6.40. The Balaban J connectivity index is 0.000000424. The number of methoxy groups -OCH3 is 2.